The molecule has 28 heavy (non-hydrogen) atoms. The third-order valence-electron chi connectivity index (χ3n) is 4.65. The predicted molar refractivity (Wildman–Crippen MR) is 99.2 cm³/mol. The van der Waals surface area contributed by atoms with Gasteiger partial charge in [-0.05, 0) is 46.9 Å². The quantitative estimate of drug-likeness (QED) is 0.665. The van der Waals surface area contributed by atoms with E-state index in [4.69, 9.17) is 0 Å². The second kappa shape index (κ2) is 7.50. The number of rotatable bonds is 5. The molecule has 0 saturated heterocycles. The Balaban J connectivity index is 1.41. The van der Waals surface area contributed by atoms with Gasteiger partial charge in [0.2, 0.25) is 0 Å². The lowest BCUT2D eigenvalue weighted by Gasteiger charge is -2.08. The lowest BCUT2D eigenvalue weighted by atomic mass is 10.0. The molecule has 0 amide bonds. The first-order chi connectivity index (χ1) is 13.5. The van der Waals surface area contributed by atoms with Gasteiger partial charge in [0.1, 0.15) is 18.0 Å². The smallest absolute Gasteiger partial charge is 0.288 e. The van der Waals surface area contributed by atoms with Gasteiger partial charge in [0.25, 0.3) is 0 Å². The summed E-state index contributed by atoms with van der Waals surface area (Å²) in [5.74, 6) is 1.22. The van der Waals surface area contributed by atoms with Crippen molar-refractivity contribution >= 4 is 6.21 Å². The largest absolute Gasteiger partial charge is 0.416 e. The number of aromatic nitrogens is 3. The van der Waals surface area contributed by atoms with Crippen LogP contribution in [0.5, 0.6) is 0 Å². The van der Waals surface area contributed by atoms with Gasteiger partial charge < -0.3 is 0 Å². The molecular weight excluding hydrogens is 365 g/mol. The molecule has 4 nitrogen and oxygen atoms in total. The lowest BCUT2D eigenvalue weighted by Crippen LogP contribution is -2.06. The van der Waals surface area contributed by atoms with E-state index in [1.54, 1.807) is 0 Å². The van der Waals surface area contributed by atoms with Crippen LogP contribution in [0.25, 0.3) is 0 Å². The van der Waals surface area contributed by atoms with E-state index in [0.717, 1.165) is 36.2 Å². The summed E-state index contributed by atoms with van der Waals surface area (Å²) in [6, 6.07) is 11.4. The average Bonchev–Trinajstić information content (AvgIpc) is 3.14. The van der Waals surface area contributed by atoms with Crippen LogP contribution in [0.4, 0.5) is 13.2 Å². The number of nitrogens with zero attached hydrogens (tertiary/aromatic N) is 4. The molecular formula is C21H17F3N4. The molecule has 1 aromatic heterocycles. The number of halogens is 3. The fourth-order valence-electron chi connectivity index (χ4n) is 3.13. The van der Waals surface area contributed by atoms with Gasteiger partial charge in [-0.3, -0.25) is 4.99 Å². The van der Waals surface area contributed by atoms with E-state index in [0.29, 0.717) is 24.5 Å². The van der Waals surface area contributed by atoms with Crippen molar-refractivity contribution in [2.75, 3.05) is 0 Å². The molecule has 1 aliphatic heterocycles. The second-order valence-electron chi connectivity index (χ2n) is 6.69. The average molecular weight is 382 g/mol. The van der Waals surface area contributed by atoms with E-state index in [-0.39, 0.29) is 0 Å². The van der Waals surface area contributed by atoms with Crippen LogP contribution in [0.1, 0.15) is 39.5 Å². The fraction of sp³-hybridized carbons (Fsp3) is 0.238. The highest BCUT2D eigenvalue weighted by atomic mass is 19.4. The summed E-state index contributed by atoms with van der Waals surface area (Å²) in [5.41, 5.74) is 3.66. The van der Waals surface area contributed by atoms with Crippen molar-refractivity contribution in [2.45, 2.75) is 32.0 Å². The maximum Gasteiger partial charge on any atom is 0.416 e. The Hall–Kier alpha value is -3.09. The van der Waals surface area contributed by atoms with Crippen LogP contribution in [-0.4, -0.2) is 21.2 Å². The first-order valence-electron chi connectivity index (χ1n) is 8.92. The molecule has 0 N–H and O–H groups in total. The van der Waals surface area contributed by atoms with Gasteiger partial charge in [0.15, 0.2) is 0 Å². The van der Waals surface area contributed by atoms with E-state index < -0.39 is 11.7 Å². The second-order valence-corrected chi connectivity index (χ2v) is 6.69. The van der Waals surface area contributed by atoms with Crippen LogP contribution >= 0.6 is 0 Å². The summed E-state index contributed by atoms with van der Waals surface area (Å²) in [7, 11) is 0. The van der Waals surface area contributed by atoms with Crippen LogP contribution in [0.2, 0.25) is 0 Å². The molecule has 0 radical (unpaired) electrons. The molecule has 1 aliphatic rings. The Labute approximate surface area is 160 Å². The first-order valence-corrected chi connectivity index (χ1v) is 8.92. The number of aliphatic imine (C=N–C) groups is 1. The maximum absolute atomic E-state index is 12.7. The van der Waals surface area contributed by atoms with Gasteiger partial charge in [0, 0.05) is 19.1 Å². The Kier molecular flexibility index (Phi) is 4.90. The molecule has 0 saturated carbocycles. The number of fused-ring (bicyclic) bond motifs is 1. The molecule has 0 fully saturated rings. The lowest BCUT2D eigenvalue weighted by molar-refractivity contribution is -0.137. The molecule has 142 valence electrons. The van der Waals surface area contributed by atoms with E-state index in [2.05, 4.69) is 38.1 Å². The van der Waals surface area contributed by atoms with Crippen molar-refractivity contribution in [3.05, 3.63) is 88.3 Å². The maximum atomic E-state index is 12.7. The number of hydrogen-bond donors (Lipinski definition) is 0. The topological polar surface area (TPSA) is 51.0 Å². The molecule has 7 heteroatoms. The zero-order valence-electron chi connectivity index (χ0n) is 14.9. The van der Waals surface area contributed by atoms with Crippen molar-refractivity contribution in [3.63, 3.8) is 0 Å². The summed E-state index contributed by atoms with van der Waals surface area (Å²) < 4.78 is 38.0. The van der Waals surface area contributed by atoms with E-state index in [1.807, 2.05) is 6.21 Å². The highest BCUT2D eigenvalue weighted by Gasteiger charge is 2.29. The third kappa shape index (κ3) is 4.24. The molecule has 3 aromatic rings. The van der Waals surface area contributed by atoms with Crippen molar-refractivity contribution in [1.29, 1.82) is 0 Å². The molecule has 0 bridgehead atoms. The minimum absolute atomic E-state index is 0.364. The van der Waals surface area contributed by atoms with Crippen LogP contribution < -0.4 is 0 Å². The van der Waals surface area contributed by atoms with Crippen molar-refractivity contribution < 1.29 is 13.2 Å². The molecule has 0 atom stereocenters. The summed E-state index contributed by atoms with van der Waals surface area (Å²) in [5, 5.41) is 0. The summed E-state index contributed by atoms with van der Waals surface area (Å²) in [6.45, 7) is 0.746. The normalized spacial score (nSPS) is 13.0. The van der Waals surface area contributed by atoms with Crippen LogP contribution in [0, 0.1) is 0 Å². The highest BCUT2D eigenvalue weighted by molar-refractivity contribution is 5.84. The Morgan fingerprint density at radius 1 is 0.857 bits per heavy atom. The Morgan fingerprint density at radius 2 is 1.61 bits per heavy atom. The number of aryl methyl sites for hydroxylation is 2. The summed E-state index contributed by atoms with van der Waals surface area (Å²) in [6.07, 6.45) is 0.843. The van der Waals surface area contributed by atoms with Crippen LogP contribution in [-0.2, 0) is 32.0 Å². The van der Waals surface area contributed by atoms with E-state index >= 15 is 0 Å². The third-order valence-corrected chi connectivity index (χ3v) is 4.65. The monoisotopic (exact) mass is 382 g/mol. The van der Waals surface area contributed by atoms with Gasteiger partial charge >= 0.3 is 6.18 Å². The number of benzene rings is 2. The zero-order valence-corrected chi connectivity index (χ0v) is 14.9. The minimum Gasteiger partial charge on any atom is -0.288 e. The van der Waals surface area contributed by atoms with Gasteiger partial charge in [-0.2, -0.15) is 13.2 Å². The minimum atomic E-state index is -4.33. The first kappa shape index (κ1) is 18.3. The van der Waals surface area contributed by atoms with Gasteiger partial charge in [0.05, 0.1) is 12.1 Å². The van der Waals surface area contributed by atoms with Gasteiger partial charge in [-0.15, -0.1) is 0 Å². The summed E-state index contributed by atoms with van der Waals surface area (Å²) >= 11 is 0. The Bertz CT molecular complexity index is 1010. The molecule has 0 spiro atoms. The standard InChI is InChI=1S/C21H17F3N4/c22-21(23,24)18-6-2-15(3-7-18)10-20-27-13-26-19(28-20)8-4-14-1-5-16-11-25-12-17(16)9-14/h1-3,5-7,9,12-13H,4,8,10-11H2. The van der Waals surface area contributed by atoms with E-state index in [1.165, 1.54) is 29.6 Å². The molecule has 0 unspecified atom stereocenters. The van der Waals surface area contributed by atoms with Gasteiger partial charge in [-0.25, -0.2) is 15.0 Å². The SMILES string of the molecule is FC(F)(F)c1ccc(Cc2ncnc(CCc3ccc4c(c3)C=NC4)n2)cc1. The van der Waals surface area contributed by atoms with Crippen molar-refractivity contribution in [1.82, 2.24) is 15.0 Å². The Morgan fingerprint density at radius 3 is 2.39 bits per heavy atom. The van der Waals surface area contributed by atoms with Crippen LogP contribution in [0.15, 0.2) is 53.8 Å². The zero-order chi connectivity index (χ0) is 19.6. The van der Waals surface area contributed by atoms with Crippen molar-refractivity contribution in [2.24, 2.45) is 4.99 Å². The van der Waals surface area contributed by atoms with Crippen molar-refractivity contribution in [3.8, 4) is 0 Å². The molecule has 4 rings (SSSR count). The highest BCUT2D eigenvalue weighted by Crippen LogP contribution is 2.29. The fourth-order valence-corrected chi connectivity index (χ4v) is 3.13. The van der Waals surface area contributed by atoms with Crippen LogP contribution in [0.3, 0.4) is 0 Å². The molecule has 2 aromatic carbocycles. The van der Waals surface area contributed by atoms with E-state index in [9.17, 15) is 13.2 Å². The molecule has 2 heterocycles. The predicted octanol–water partition coefficient (Wildman–Crippen LogP) is 4.20. The summed E-state index contributed by atoms with van der Waals surface area (Å²) in [4.78, 5) is 17.1. The number of hydrogen-bond acceptors (Lipinski definition) is 4. The molecule has 0 aliphatic carbocycles. The number of alkyl halides is 3. The van der Waals surface area contributed by atoms with Gasteiger partial charge in [-0.1, -0.05) is 24.3 Å².